The average molecular weight is 975 g/mol. The minimum Gasteiger partial charge on any atom is -0.457 e. The second kappa shape index (κ2) is 44.7. The molecule has 1 rings (SSSR count). The van der Waals surface area contributed by atoms with E-state index in [0.717, 1.165) is 44.9 Å². The van der Waals surface area contributed by atoms with Crippen molar-refractivity contribution in [3.63, 3.8) is 0 Å². The maximum atomic E-state index is 12.9. The molecule has 0 spiro atoms. The number of unbranched alkanes of at least 4 members (excludes halogenated alkanes) is 32. The van der Waals surface area contributed by atoms with Crippen molar-refractivity contribution in [3.8, 4) is 0 Å². The van der Waals surface area contributed by atoms with Gasteiger partial charge in [-0.2, -0.15) is 0 Å². The lowest BCUT2D eigenvalue weighted by molar-refractivity contribution is -0.220. The van der Waals surface area contributed by atoms with Gasteiger partial charge < -0.3 is 39.9 Å². The summed E-state index contributed by atoms with van der Waals surface area (Å²) in [6, 6.07) is 0. The zero-order valence-electron chi connectivity index (χ0n) is 42.7. The molecule has 1 aliphatic carbocycles. The van der Waals surface area contributed by atoms with Crippen LogP contribution in [0.3, 0.4) is 0 Å². The highest BCUT2D eigenvalue weighted by atomic mass is 31.2. The molecule has 0 heterocycles. The lowest BCUT2D eigenvalue weighted by Crippen LogP contribution is -2.64. The number of esters is 1. The van der Waals surface area contributed by atoms with E-state index >= 15 is 0 Å². The fraction of sp³-hybridized carbons (Fsp3) is 0.907. The number of ether oxygens (including phenoxy) is 2. The highest BCUT2D eigenvalue weighted by Crippen LogP contribution is 2.47. The molecule has 1 saturated carbocycles. The minimum atomic E-state index is -5.02. The predicted molar refractivity (Wildman–Crippen MR) is 272 cm³/mol. The van der Waals surface area contributed by atoms with Gasteiger partial charge in [-0.3, -0.25) is 13.8 Å². The SMILES string of the molecule is CCCCCCC/C=C\C/C=C\CCCCCCCCCCCCCCOCC(COP(=O)(O)OC1C(O)C(O)C(O)C(O)C1O)OC(=O)CCCCCCCCCCCCCCCCCC. The van der Waals surface area contributed by atoms with Gasteiger partial charge in [0, 0.05) is 13.0 Å². The van der Waals surface area contributed by atoms with E-state index in [1.807, 2.05) is 0 Å². The fourth-order valence-corrected chi connectivity index (χ4v) is 9.66. The summed E-state index contributed by atoms with van der Waals surface area (Å²) in [6.45, 7) is 4.29. The summed E-state index contributed by atoms with van der Waals surface area (Å²) in [7, 11) is -5.02. The van der Waals surface area contributed by atoms with Crippen LogP contribution in [0, 0.1) is 0 Å². The molecule has 0 aliphatic heterocycles. The van der Waals surface area contributed by atoms with Gasteiger partial charge in [0.05, 0.1) is 13.2 Å². The Labute approximate surface area is 409 Å². The van der Waals surface area contributed by atoms with Crippen LogP contribution in [-0.2, 0) is 27.9 Å². The van der Waals surface area contributed by atoms with Crippen LogP contribution in [0.25, 0.3) is 0 Å². The quantitative estimate of drug-likeness (QED) is 0.0147. The Morgan fingerprint density at radius 1 is 0.478 bits per heavy atom. The van der Waals surface area contributed by atoms with Crippen molar-refractivity contribution in [1.82, 2.24) is 0 Å². The molecule has 1 fully saturated rings. The highest BCUT2D eigenvalue weighted by molar-refractivity contribution is 7.47. The third kappa shape index (κ3) is 36.4. The van der Waals surface area contributed by atoms with E-state index < -0.39 is 63.1 Å². The van der Waals surface area contributed by atoms with Crippen LogP contribution in [0.5, 0.6) is 0 Å². The maximum absolute atomic E-state index is 12.9. The van der Waals surface area contributed by atoms with Gasteiger partial charge in [0.15, 0.2) is 0 Å². The van der Waals surface area contributed by atoms with Crippen LogP contribution in [-0.4, -0.2) is 98.9 Å². The van der Waals surface area contributed by atoms with E-state index in [0.29, 0.717) is 13.0 Å². The van der Waals surface area contributed by atoms with Gasteiger partial charge in [0.1, 0.15) is 42.7 Å². The molecule has 12 nitrogen and oxygen atoms in total. The largest absolute Gasteiger partial charge is 0.472 e. The molecule has 13 heteroatoms. The van der Waals surface area contributed by atoms with E-state index in [9.17, 15) is 39.8 Å². The lowest BCUT2D eigenvalue weighted by atomic mass is 9.85. The van der Waals surface area contributed by atoms with Crippen molar-refractivity contribution in [2.45, 2.75) is 294 Å². The lowest BCUT2D eigenvalue weighted by Gasteiger charge is -2.41. The fourth-order valence-electron chi connectivity index (χ4n) is 8.68. The molecule has 67 heavy (non-hydrogen) atoms. The number of hydrogen-bond acceptors (Lipinski definition) is 11. The molecular weight excluding hydrogens is 872 g/mol. The van der Waals surface area contributed by atoms with Crippen molar-refractivity contribution in [2.75, 3.05) is 19.8 Å². The van der Waals surface area contributed by atoms with Crippen LogP contribution in [0.15, 0.2) is 24.3 Å². The van der Waals surface area contributed by atoms with E-state index in [4.69, 9.17) is 18.5 Å². The number of hydrogen-bond donors (Lipinski definition) is 6. The first kappa shape index (κ1) is 63.8. The molecule has 396 valence electrons. The predicted octanol–water partition coefficient (Wildman–Crippen LogP) is 12.8. The topological polar surface area (TPSA) is 192 Å². The number of aliphatic hydroxyl groups excluding tert-OH is 5. The first-order chi connectivity index (χ1) is 32.5. The maximum Gasteiger partial charge on any atom is 0.472 e. The number of carbonyl (C=O) groups excluding carboxylic acids is 1. The molecule has 0 saturated heterocycles. The van der Waals surface area contributed by atoms with E-state index in [2.05, 4.69) is 38.2 Å². The molecule has 6 atom stereocenters. The Hall–Kier alpha value is -1.18. The van der Waals surface area contributed by atoms with Crippen molar-refractivity contribution in [2.24, 2.45) is 0 Å². The van der Waals surface area contributed by atoms with Crippen molar-refractivity contribution >= 4 is 13.8 Å². The molecule has 1 aliphatic rings. The van der Waals surface area contributed by atoms with Crippen LogP contribution in [0.4, 0.5) is 0 Å². The molecule has 0 bridgehead atoms. The Morgan fingerprint density at radius 2 is 0.836 bits per heavy atom. The van der Waals surface area contributed by atoms with Crippen molar-refractivity contribution < 1.29 is 58.3 Å². The summed E-state index contributed by atoms with van der Waals surface area (Å²) < 4.78 is 34.4. The average Bonchev–Trinajstić information content (AvgIpc) is 3.31. The molecule has 0 aromatic carbocycles. The number of rotatable bonds is 48. The minimum absolute atomic E-state index is 0.0728. The summed E-state index contributed by atoms with van der Waals surface area (Å²) >= 11 is 0. The van der Waals surface area contributed by atoms with Gasteiger partial charge in [-0.25, -0.2) is 4.57 Å². The molecule has 0 aromatic heterocycles. The molecule has 0 amide bonds. The number of aliphatic hydroxyl groups is 5. The van der Waals surface area contributed by atoms with Gasteiger partial charge in [0.2, 0.25) is 0 Å². The van der Waals surface area contributed by atoms with E-state index in [1.165, 1.54) is 180 Å². The van der Waals surface area contributed by atoms with Crippen molar-refractivity contribution in [1.29, 1.82) is 0 Å². The second-order valence-corrected chi connectivity index (χ2v) is 20.8. The first-order valence-electron chi connectivity index (χ1n) is 27.7. The zero-order valence-corrected chi connectivity index (χ0v) is 43.6. The third-order valence-electron chi connectivity index (χ3n) is 13.1. The number of allylic oxidation sites excluding steroid dienone is 4. The third-order valence-corrected chi connectivity index (χ3v) is 14.1. The molecule has 0 radical (unpaired) electrons. The summed E-state index contributed by atoms with van der Waals surface area (Å²) in [6.07, 6.45) is 41.0. The van der Waals surface area contributed by atoms with Gasteiger partial charge in [-0.15, -0.1) is 0 Å². The number of phosphoric acid groups is 1. The molecule has 6 N–H and O–H groups in total. The van der Waals surface area contributed by atoms with E-state index in [1.54, 1.807) is 0 Å². The standard InChI is InChI=1S/C54H103O12P/c1-3-5-7-9-11-13-15-17-19-21-22-23-24-25-26-27-28-30-32-34-36-38-40-42-44-63-45-47(46-64-67(61,62)66-54-52(59)50(57)49(56)51(58)53(54)60)65-48(55)43-41-39-37-35-33-31-29-20-18-16-14-12-10-8-6-4-2/h15,17,21-22,47,49-54,56-60H,3-14,16,18-20,23-46H2,1-2H3,(H,61,62)/b17-15-,22-21-. The Balaban J connectivity index is 2.28. The summed E-state index contributed by atoms with van der Waals surface area (Å²) in [5.74, 6) is -0.472. The molecule has 6 unspecified atom stereocenters. The van der Waals surface area contributed by atoms with Crippen LogP contribution in [0.2, 0.25) is 0 Å². The first-order valence-corrected chi connectivity index (χ1v) is 29.2. The van der Waals surface area contributed by atoms with Crippen molar-refractivity contribution in [3.05, 3.63) is 24.3 Å². The molecule has 0 aromatic rings. The number of carbonyl (C=O) groups is 1. The second-order valence-electron chi connectivity index (χ2n) is 19.4. The van der Waals surface area contributed by atoms with Gasteiger partial charge in [-0.05, 0) is 44.9 Å². The van der Waals surface area contributed by atoms with Crippen LogP contribution >= 0.6 is 7.82 Å². The zero-order chi connectivity index (χ0) is 49.1. The monoisotopic (exact) mass is 975 g/mol. The van der Waals surface area contributed by atoms with Crippen LogP contribution in [0.1, 0.15) is 251 Å². The van der Waals surface area contributed by atoms with Gasteiger partial charge in [0.25, 0.3) is 0 Å². The van der Waals surface area contributed by atoms with Crippen LogP contribution < -0.4 is 0 Å². The molecular formula is C54H103O12P. The Morgan fingerprint density at radius 3 is 1.25 bits per heavy atom. The smallest absolute Gasteiger partial charge is 0.457 e. The Kier molecular flexibility index (Phi) is 42.6. The Bertz CT molecular complexity index is 1200. The highest BCUT2D eigenvalue weighted by Gasteiger charge is 2.51. The van der Waals surface area contributed by atoms with Gasteiger partial charge >= 0.3 is 13.8 Å². The summed E-state index contributed by atoms with van der Waals surface area (Å²) in [5, 5.41) is 50.4. The van der Waals surface area contributed by atoms with E-state index in [-0.39, 0.29) is 13.0 Å². The summed E-state index contributed by atoms with van der Waals surface area (Å²) in [5.41, 5.74) is 0. The number of phosphoric ester groups is 1. The normalized spacial score (nSPS) is 21.4. The summed E-state index contributed by atoms with van der Waals surface area (Å²) in [4.78, 5) is 23.3. The van der Waals surface area contributed by atoms with Gasteiger partial charge in [-0.1, -0.05) is 224 Å².